The molecule has 1 unspecified atom stereocenters. The molecule has 0 aromatic carbocycles. The van der Waals surface area contributed by atoms with Crippen LogP contribution in [0.3, 0.4) is 0 Å². The standard InChI is InChI=1S/C12H20N2O/c1-5-9(4)12-13-10(6-8(2)3)7-11(15)14-12/h7-9H,5-6H2,1-4H3,(H,13,14,15). The first-order valence-electron chi connectivity index (χ1n) is 5.63. The lowest BCUT2D eigenvalue weighted by Gasteiger charge is -2.10. The van der Waals surface area contributed by atoms with Crippen molar-refractivity contribution in [3.8, 4) is 0 Å². The summed E-state index contributed by atoms with van der Waals surface area (Å²) in [6.45, 7) is 8.44. The van der Waals surface area contributed by atoms with Gasteiger partial charge in [0.25, 0.3) is 5.56 Å². The van der Waals surface area contributed by atoms with Crippen molar-refractivity contribution in [1.29, 1.82) is 0 Å². The van der Waals surface area contributed by atoms with Gasteiger partial charge in [-0.05, 0) is 18.8 Å². The van der Waals surface area contributed by atoms with Crippen LogP contribution in [0.1, 0.15) is 51.6 Å². The van der Waals surface area contributed by atoms with Gasteiger partial charge in [-0.3, -0.25) is 4.79 Å². The largest absolute Gasteiger partial charge is 0.310 e. The Balaban J connectivity index is 3.00. The molecule has 84 valence electrons. The van der Waals surface area contributed by atoms with Gasteiger partial charge in [0.05, 0.1) is 0 Å². The topological polar surface area (TPSA) is 45.8 Å². The third kappa shape index (κ3) is 3.50. The number of nitrogens with one attached hydrogen (secondary N) is 1. The molecular weight excluding hydrogens is 188 g/mol. The van der Waals surface area contributed by atoms with Crippen LogP contribution in [-0.4, -0.2) is 9.97 Å². The van der Waals surface area contributed by atoms with Crippen molar-refractivity contribution in [2.45, 2.75) is 46.5 Å². The van der Waals surface area contributed by atoms with Crippen LogP contribution in [0.25, 0.3) is 0 Å². The van der Waals surface area contributed by atoms with Crippen LogP contribution in [0.15, 0.2) is 10.9 Å². The normalized spacial score (nSPS) is 13.1. The molecule has 0 spiro atoms. The van der Waals surface area contributed by atoms with Crippen molar-refractivity contribution in [3.63, 3.8) is 0 Å². The Morgan fingerprint density at radius 2 is 2.07 bits per heavy atom. The zero-order valence-electron chi connectivity index (χ0n) is 10.0. The van der Waals surface area contributed by atoms with Crippen molar-refractivity contribution < 1.29 is 0 Å². The maximum atomic E-state index is 11.4. The predicted molar refractivity (Wildman–Crippen MR) is 62.1 cm³/mol. The first kappa shape index (κ1) is 12.0. The van der Waals surface area contributed by atoms with E-state index < -0.39 is 0 Å². The maximum absolute atomic E-state index is 11.4. The van der Waals surface area contributed by atoms with Gasteiger partial charge in [0, 0.05) is 17.7 Å². The number of hydrogen-bond donors (Lipinski definition) is 1. The second kappa shape index (κ2) is 5.10. The molecule has 1 atom stereocenters. The molecule has 1 aromatic rings. The van der Waals surface area contributed by atoms with Crippen LogP contribution in [0.2, 0.25) is 0 Å². The third-order valence-electron chi connectivity index (χ3n) is 2.51. The minimum Gasteiger partial charge on any atom is -0.310 e. The average Bonchev–Trinajstić information content (AvgIpc) is 2.14. The molecule has 0 saturated heterocycles. The summed E-state index contributed by atoms with van der Waals surface area (Å²) >= 11 is 0. The van der Waals surface area contributed by atoms with E-state index in [2.05, 4.69) is 37.7 Å². The Hall–Kier alpha value is -1.12. The lowest BCUT2D eigenvalue weighted by molar-refractivity contribution is 0.613. The van der Waals surface area contributed by atoms with Gasteiger partial charge >= 0.3 is 0 Å². The maximum Gasteiger partial charge on any atom is 0.251 e. The lowest BCUT2D eigenvalue weighted by Crippen LogP contribution is -2.15. The molecular formula is C12H20N2O. The van der Waals surface area contributed by atoms with Gasteiger partial charge in [-0.1, -0.05) is 27.7 Å². The summed E-state index contributed by atoms with van der Waals surface area (Å²) in [6, 6.07) is 1.60. The molecule has 15 heavy (non-hydrogen) atoms. The highest BCUT2D eigenvalue weighted by atomic mass is 16.1. The Labute approximate surface area is 91.0 Å². The van der Waals surface area contributed by atoms with Crippen LogP contribution in [0, 0.1) is 5.92 Å². The van der Waals surface area contributed by atoms with E-state index in [-0.39, 0.29) is 5.56 Å². The Kier molecular flexibility index (Phi) is 4.06. The zero-order chi connectivity index (χ0) is 11.4. The van der Waals surface area contributed by atoms with E-state index in [1.807, 2.05) is 0 Å². The Morgan fingerprint density at radius 3 is 2.60 bits per heavy atom. The van der Waals surface area contributed by atoms with Crippen LogP contribution < -0.4 is 5.56 Å². The molecule has 1 aromatic heterocycles. The van der Waals surface area contributed by atoms with E-state index in [1.165, 1.54) is 0 Å². The van der Waals surface area contributed by atoms with E-state index >= 15 is 0 Å². The fraction of sp³-hybridized carbons (Fsp3) is 0.667. The molecule has 0 amide bonds. The highest BCUT2D eigenvalue weighted by molar-refractivity contribution is 5.06. The number of aromatic nitrogens is 2. The van der Waals surface area contributed by atoms with E-state index in [0.29, 0.717) is 11.8 Å². The molecule has 0 bridgehead atoms. The SMILES string of the molecule is CCC(C)c1nc(CC(C)C)cc(=O)[nH]1. The van der Waals surface area contributed by atoms with Crippen molar-refractivity contribution >= 4 is 0 Å². The van der Waals surface area contributed by atoms with Gasteiger partial charge in [0.15, 0.2) is 0 Å². The van der Waals surface area contributed by atoms with E-state index in [4.69, 9.17) is 0 Å². The van der Waals surface area contributed by atoms with Gasteiger partial charge in [-0.2, -0.15) is 0 Å². The Bertz CT molecular complexity index is 368. The van der Waals surface area contributed by atoms with Gasteiger partial charge < -0.3 is 4.98 Å². The summed E-state index contributed by atoms with van der Waals surface area (Å²) in [5, 5.41) is 0. The van der Waals surface area contributed by atoms with Crippen LogP contribution in [0.5, 0.6) is 0 Å². The van der Waals surface area contributed by atoms with Gasteiger partial charge in [0.2, 0.25) is 0 Å². The third-order valence-corrected chi connectivity index (χ3v) is 2.51. The van der Waals surface area contributed by atoms with Crippen molar-refractivity contribution in [1.82, 2.24) is 9.97 Å². The Morgan fingerprint density at radius 1 is 1.40 bits per heavy atom. The summed E-state index contributed by atoms with van der Waals surface area (Å²) < 4.78 is 0. The summed E-state index contributed by atoms with van der Waals surface area (Å²) in [6.07, 6.45) is 1.86. The van der Waals surface area contributed by atoms with Crippen molar-refractivity contribution in [2.24, 2.45) is 5.92 Å². The monoisotopic (exact) mass is 208 g/mol. The molecule has 0 aliphatic rings. The summed E-state index contributed by atoms with van der Waals surface area (Å²) in [5.41, 5.74) is 0.875. The second-order valence-corrected chi connectivity index (χ2v) is 4.53. The smallest absolute Gasteiger partial charge is 0.251 e. The minimum absolute atomic E-state index is 0.0315. The van der Waals surface area contributed by atoms with Crippen LogP contribution in [-0.2, 0) is 6.42 Å². The molecule has 1 N–H and O–H groups in total. The first-order chi connectivity index (χ1) is 7.02. The van der Waals surface area contributed by atoms with E-state index in [9.17, 15) is 4.79 Å². The fourth-order valence-corrected chi connectivity index (χ4v) is 1.48. The highest BCUT2D eigenvalue weighted by Crippen LogP contribution is 2.13. The number of aromatic amines is 1. The molecule has 0 aliphatic carbocycles. The van der Waals surface area contributed by atoms with Crippen molar-refractivity contribution in [2.75, 3.05) is 0 Å². The van der Waals surface area contributed by atoms with Crippen LogP contribution >= 0.6 is 0 Å². The number of rotatable bonds is 4. The average molecular weight is 208 g/mol. The fourth-order valence-electron chi connectivity index (χ4n) is 1.48. The summed E-state index contributed by atoms with van der Waals surface area (Å²) in [4.78, 5) is 18.7. The second-order valence-electron chi connectivity index (χ2n) is 4.53. The highest BCUT2D eigenvalue weighted by Gasteiger charge is 2.08. The molecule has 0 aliphatic heterocycles. The quantitative estimate of drug-likeness (QED) is 0.826. The first-order valence-corrected chi connectivity index (χ1v) is 5.63. The number of H-pyrrole nitrogens is 1. The molecule has 3 heteroatoms. The number of hydrogen-bond acceptors (Lipinski definition) is 2. The van der Waals surface area contributed by atoms with Crippen molar-refractivity contribution in [3.05, 3.63) is 27.9 Å². The van der Waals surface area contributed by atoms with E-state index in [0.717, 1.165) is 24.4 Å². The molecule has 1 heterocycles. The molecule has 3 nitrogen and oxygen atoms in total. The van der Waals surface area contributed by atoms with Gasteiger partial charge in [0.1, 0.15) is 5.82 Å². The molecule has 0 radical (unpaired) electrons. The van der Waals surface area contributed by atoms with Gasteiger partial charge in [-0.25, -0.2) is 4.98 Å². The van der Waals surface area contributed by atoms with E-state index in [1.54, 1.807) is 6.07 Å². The summed E-state index contributed by atoms with van der Waals surface area (Å²) in [5.74, 6) is 1.68. The predicted octanol–water partition coefficient (Wildman–Crippen LogP) is 2.48. The van der Waals surface area contributed by atoms with Crippen LogP contribution in [0.4, 0.5) is 0 Å². The lowest BCUT2D eigenvalue weighted by atomic mass is 10.1. The zero-order valence-corrected chi connectivity index (χ0v) is 10.0. The molecule has 1 rings (SSSR count). The van der Waals surface area contributed by atoms with Gasteiger partial charge in [-0.15, -0.1) is 0 Å². The molecule has 0 fully saturated rings. The molecule has 0 saturated carbocycles. The summed E-state index contributed by atoms with van der Waals surface area (Å²) in [7, 11) is 0. The minimum atomic E-state index is -0.0315. The number of nitrogens with zero attached hydrogens (tertiary/aromatic N) is 1.